The minimum absolute atomic E-state index is 0.00839. The molecule has 1 amide bonds. The van der Waals surface area contributed by atoms with Crippen molar-refractivity contribution in [3.63, 3.8) is 0 Å². The van der Waals surface area contributed by atoms with Crippen molar-refractivity contribution in [2.75, 3.05) is 13.7 Å². The molecule has 0 radical (unpaired) electrons. The summed E-state index contributed by atoms with van der Waals surface area (Å²) in [6, 6.07) is 15.9. The van der Waals surface area contributed by atoms with Gasteiger partial charge >= 0.3 is 0 Å². The number of rotatable bonds is 7. The maximum absolute atomic E-state index is 12.1. The van der Waals surface area contributed by atoms with Crippen LogP contribution in [0.5, 0.6) is 5.75 Å². The van der Waals surface area contributed by atoms with E-state index in [0.717, 1.165) is 21.3 Å². The lowest BCUT2D eigenvalue weighted by molar-refractivity contribution is -0.121. The van der Waals surface area contributed by atoms with Crippen LogP contribution in [0.25, 0.3) is 0 Å². The smallest absolute Gasteiger partial charge is 0.234 e. The van der Waals surface area contributed by atoms with Gasteiger partial charge in [0.15, 0.2) is 0 Å². The number of halogens is 1. The number of carbonyl (C=O) groups is 1. The van der Waals surface area contributed by atoms with Crippen LogP contribution in [-0.4, -0.2) is 19.6 Å². The minimum atomic E-state index is -0.0224. The fourth-order valence-corrected chi connectivity index (χ4v) is 2.99. The van der Waals surface area contributed by atoms with E-state index in [2.05, 4.69) is 26.6 Å². The fourth-order valence-electron chi connectivity index (χ4n) is 2.43. The molecule has 0 unspecified atom stereocenters. The molecule has 2 atom stereocenters. The van der Waals surface area contributed by atoms with Crippen LogP contribution in [0.4, 0.5) is 0 Å². The Labute approximate surface area is 151 Å². The standard InChI is InChI=1S/C19H23BrN2O2/c1-13(16-9-10-18(24-3)17(20)11-16)21-12-19(23)22-14(2)15-7-5-4-6-8-15/h4-11,13-14,21H,12H2,1-3H3,(H,22,23)/t13-,14-/m0/s1. The maximum Gasteiger partial charge on any atom is 0.234 e. The monoisotopic (exact) mass is 390 g/mol. The van der Waals surface area contributed by atoms with Gasteiger partial charge in [-0.2, -0.15) is 0 Å². The maximum atomic E-state index is 12.1. The molecule has 0 fully saturated rings. The van der Waals surface area contributed by atoms with E-state index in [4.69, 9.17) is 4.74 Å². The molecule has 24 heavy (non-hydrogen) atoms. The lowest BCUT2D eigenvalue weighted by atomic mass is 10.1. The van der Waals surface area contributed by atoms with Gasteiger partial charge in [0, 0.05) is 6.04 Å². The molecule has 2 aromatic carbocycles. The van der Waals surface area contributed by atoms with Crippen LogP contribution in [0.1, 0.15) is 37.1 Å². The molecular weight excluding hydrogens is 368 g/mol. The molecule has 128 valence electrons. The molecule has 2 N–H and O–H groups in total. The van der Waals surface area contributed by atoms with Crippen molar-refractivity contribution in [2.45, 2.75) is 25.9 Å². The van der Waals surface area contributed by atoms with E-state index in [0.29, 0.717) is 0 Å². The van der Waals surface area contributed by atoms with Gasteiger partial charge in [0.25, 0.3) is 0 Å². The number of benzene rings is 2. The molecule has 0 heterocycles. The first kappa shape index (κ1) is 18.5. The van der Waals surface area contributed by atoms with Gasteiger partial charge < -0.3 is 15.4 Å². The van der Waals surface area contributed by atoms with Crippen molar-refractivity contribution in [1.29, 1.82) is 0 Å². The highest BCUT2D eigenvalue weighted by Gasteiger charge is 2.12. The summed E-state index contributed by atoms with van der Waals surface area (Å²) in [4.78, 5) is 12.1. The molecule has 0 bridgehead atoms. The zero-order chi connectivity index (χ0) is 17.5. The van der Waals surface area contributed by atoms with Crippen LogP contribution in [0.3, 0.4) is 0 Å². The van der Waals surface area contributed by atoms with Crippen molar-refractivity contribution in [2.24, 2.45) is 0 Å². The summed E-state index contributed by atoms with van der Waals surface area (Å²) in [5, 5.41) is 6.25. The molecule has 0 aromatic heterocycles. The summed E-state index contributed by atoms with van der Waals surface area (Å²) in [7, 11) is 1.64. The Hall–Kier alpha value is -1.85. The number of nitrogens with one attached hydrogen (secondary N) is 2. The van der Waals surface area contributed by atoms with Gasteiger partial charge in [0.1, 0.15) is 5.75 Å². The molecule has 4 nitrogen and oxygen atoms in total. The van der Waals surface area contributed by atoms with Gasteiger partial charge in [0.05, 0.1) is 24.2 Å². The van der Waals surface area contributed by atoms with Gasteiger partial charge in [-0.3, -0.25) is 4.79 Å². The fraction of sp³-hybridized carbons (Fsp3) is 0.316. The van der Waals surface area contributed by atoms with Gasteiger partial charge in [-0.05, 0) is 53.0 Å². The highest BCUT2D eigenvalue weighted by atomic mass is 79.9. The zero-order valence-electron chi connectivity index (χ0n) is 14.2. The first-order valence-electron chi connectivity index (χ1n) is 7.92. The number of hydrogen-bond donors (Lipinski definition) is 2. The van der Waals surface area contributed by atoms with E-state index in [1.165, 1.54) is 0 Å². The molecule has 5 heteroatoms. The van der Waals surface area contributed by atoms with E-state index in [1.807, 2.05) is 62.4 Å². The van der Waals surface area contributed by atoms with E-state index < -0.39 is 0 Å². The van der Waals surface area contributed by atoms with Gasteiger partial charge in [-0.25, -0.2) is 0 Å². The first-order chi connectivity index (χ1) is 11.5. The molecular formula is C19H23BrN2O2. The van der Waals surface area contributed by atoms with Crippen LogP contribution < -0.4 is 15.4 Å². The number of methoxy groups -OCH3 is 1. The molecule has 0 aliphatic carbocycles. The summed E-state index contributed by atoms with van der Waals surface area (Å²) in [6.07, 6.45) is 0. The average Bonchev–Trinajstić information content (AvgIpc) is 2.60. The van der Waals surface area contributed by atoms with E-state index in [1.54, 1.807) is 7.11 Å². The summed E-state index contributed by atoms with van der Waals surface area (Å²) in [5.41, 5.74) is 2.18. The van der Waals surface area contributed by atoms with E-state index in [9.17, 15) is 4.79 Å². The predicted molar refractivity (Wildman–Crippen MR) is 100 cm³/mol. The van der Waals surface area contributed by atoms with Crippen molar-refractivity contribution in [1.82, 2.24) is 10.6 Å². The SMILES string of the molecule is COc1ccc([C@H](C)NCC(=O)N[C@@H](C)c2ccccc2)cc1Br. The summed E-state index contributed by atoms with van der Waals surface area (Å²) in [5.74, 6) is 0.770. The second-order valence-corrected chi connectivity index (χ2v) is 6.55. The minimum Gasteiger partial charge on any atom is -0.496 e. The van der Waals surface area contributed by atoms with Crippen LogP contribution in [-0.2, 0) is 4.79 Å². The normalized spacial score (nSPS) is 13.2. The Kier molecular flexibility index (Phi) is 6.82. The summed E-state index contributed by atoms with van der Waals surface area (Å²) >= 11 is 3.48. The molecule has 0 saturated carbocycles. The average molecular weight is 391 g/mol. The third-order valence-electron chi connectivity index (χ3n) is 3.92. The van der Waals surface area contributed by atoms with Crippen LogP contribution in [0.15, 0.2) is 53.0 Å². The van der Waals surface area contributed by atoms with Crippen LogP contribution in [0, 0.1) is 0 Å². The quantitative estimate of drug-likeness (QED) is 0.751. The van der Waals surface area contributed by atoms with Gasteiger partial charge in [-0.1, -0.05) is 36.4 Å². The Balaban J connectivity index is 1.86. The number of ether oxygens (including phenoxy) is 1. The Morgan fingerprint density at radius 3 is 2.42 bits per heavy atom. The number of amides is 1. The predicted octanol–water partition coefficient (Wildman–Crippen LogP) is 3.99. The zero-order valence-corrected chi connectivity index (χ0v) is 15.8. The van der Waals surface area contributed by atoms with E-state index in [-0.39, 0.29) is 24.5 Å². The number of carbonyl (C=O) groups excluding carboxylic acids is 1. The van der Waals surface area contributed by atoms with Crippen LogP contribution >= 0.6 is 15.9 Å². The van der Waals surface area contributed by atoms with Crippen molar-refractivity contribution in [3.8, 4) is 5.75 Å². The van der Waals surface area contributed by atoms with Crippen molar-refractivity contribution in [3.05, 3.63) is 64.1 Å². The van der Waals surface area contributed by atoms with Crippen molar-refractivity contribution >= 4 is 21.8 Å². The van der Waals surface area contributed by atoms with E-state index >= 15 is 0 Å². The van der Waals surface area contributed by atoms with Crippen molar-refractivity contribution < 1.29 is 9.53 Å². The lowest BCUT2D eigenvalue weighted by Gasteiger charge is -2.18. The molecule has 0 aliphatic rings. The first-order valence-corrected chi connectivity index (χ1v) is 8.71. The lowest BCUT2D eigenvalue weighted by Crippen LogP contribution is -2.36. The third-order valence-corrected chi connectivity index (χ3v) is 4.54. The second kappa shape index (κ2) is 8.85. The number of hydrogen-bond acceptors (Lipinski definition) is 3. The highest BCUT2D eigenvalue weighted by molar-refractivity contribution is 9.10. The van der Waals surface area contributed by atoms with Gasteiger partial charge in [-0.15, -0.1) is 0 Å². The Morgan fingerprint density at radius 1 is 1.08 bits per heavy atom. The summed E-state index contributed by atoms with van der Waals surface area (Å²) < 4.78 is 6.13. The van der Waals surface area contributed by atoms with Gasteiger partial charge in [0.2, 0.25) is 5.91 Å². The molecule has 0 saturated heterocycles. The Bertz CT molecular complexity index is 676. The second-order valence-electron chi connectivity index (χ2n) is 5.70. The largest absolute Gasteiger partial charge is 0.496 e. The van der Waals surface area contributed by atoms with Crippen LogP contribution in [0.2, 0.25) is 0 Å². The third kappa shape index (κ3) is 5.08. The topological polar surface area (TPSA) is 50.4 Å². The summed E-state index contributed by atoms with van der Waals surface area (Å²) in [6.45, 7) is 4.28. The Morgan fingerprint density at radius 2 is 1.79 bits per heavy atom. The highest BCUT2D eigenvalue weighted by Crippen LogP contribution is 2.27. The molecule has 0 aliphatic heterocycles. The molecule has 2 rings (SSSR count). The molecule has 0 spiro atoms. The molecule has 2 aromatic rings.